The number of aromatic nitrogens is 2. The zero-order valence-electron chi connectivity index (χ0n) is 22.4. The van der Waals surface area contributed by atoms with Crippen LogP contribution in [-0.4, -0.2) is 103 Å². The molecule has 16 heteroatoms. The van der Waals surface area contributed by atoms with E-state index in [1.54, 1.807) is 29.3 Å². The third-order valence-corrected chi connectivity index (χ3v) is 8.06. The van der Waals surface area contributed by atoms with Crippen LogP contribution >= 0.6 is 23.2 Å². The quantitative estimate of drug-likeness (QED) is 0.100. The SMILES string of the molecule is [C-]#[N+]NC(=NC[C@H](NC(=O)c1c(Cl)cc2c(c1Cl)CCN(C(=O)c1ccc3cn[nH]c3c1)C2)C(=O)O)N1C[C@@H](O)[C@H](O)C1. The van der Waals surface area contributed by atoms with E-state index >= 15 is 0 Å². The van der Waals surface area contributed by atoms with E-state index in [4.69, 9.17) is 29.8 Å². The molecule has 2 aromatic carbocycles. The fourth-order valence-electron chi connectivity index (χ4n) is 5.08. The van der Waals surface area contributed by atoms with Crippen molar-refractivity contribution in [1.82, 2.24) is 30.7 Å². The van der Waals surface area contributed by atoms with E-state index in [1.165, 1.54) is 4.90 Å². The molecule has 3 heterocycles. The van der Waals surface area contributed by atoms with Crippen LogP contribution in [-0.2, 0) is 17.8 Å². The highest BCUT2D eigenvalue weighted by Crippen LogP contribution is 2.35. The number of amides is 2. The molecule has 1 fully saturated rings. The molecule has 6 N–H and O–H groups in total. The molecule has 3 aromatic rings. The van der Waals surface area contributed by atoms with Gasteiger partial charge >= 0.3 is 5.97 Å². The zero-order chi connectivity index (χ0) is 30.8. The minimum absolute atomic E-state index is 0.0162. The van der Waals surface area contributed by atoms with Crippen molar-refractivity contribution in [1.29, 1.82) is 0 Å². The first-order valence-electron chi connectivity index (χ1n) is 13.1. The number of benzene rings is 2. The second-order valence-electron chi connectivity index (χ2n) is 10.1. The molecule has 2 aliphatic rings. The van der Waals surface area contributed by atoms with Crippen molar-refractivity contribution < 1.29 is 29.7 Å². The highest BCUT2D eigenvalue weighted by Gasteiger charge is 2.33. The monoisotopic (exact) mass is 628 g/mol. The lowest BCUT2D eigenvalue weighted by Gasteiger charge is -2.30. The summed E-state index contributed by atoms with van der Waals surface area (Å²) in [6.45, 7) is 7.09. The number of aliphatic carboxylic acids is 1. The number of carboxylic acid groups (broad SMARTS) is 1. The molecule has 43 heavy (non-hydrogen) atoms. The summed E-state index contributed by atoms with van der Waals surface area (Å²) in [6, 6.07) is 5.29. The minimum Gasteiger partial charge on any atom is -0.480 e. The number of carbonyl (C=O) groups is 3. The van der Waals surface area contributed by atoms with Crippen LogP contribution in [0.4, 0.5) is 0 Å². The molecule has 0 spiro atoms. The lowest BCUT2D eigenvalue weighted by atomic mass is 9.96. The second kappa shape index (κ2) is 12.4. The van der Waals surface area contributed by atoms with Crippen molar-refractivity contribution in [3.63, 3.8) is 0 Å². The van der Waals surface area contributed by atoms with E-state index in [0.29, 0.717) is 29.7 Å². The Morgan fingerprint density at radius 1 is 1.19 bits per heavy atom. The number of carbonyl (C=O) groups excluding carboxylic acids is 2. The van der Waals surface area contributed by atoms with Crippen LogP contribution in [0, 0.1) is 6.57 Å². The summed E-state index contributed by atoms with van der Waals surface area (Å²) < 4.78 is 0. The minimum atomic E-state index is -1.52. The maximum atomic E-state index is 13.2. The topological polar surface area (TPSA) is 188 Å². The number of aliphatic hydroxyl groups is 2. The van der Waals surface area contributed by atoms with Crippen LogP contribution < -0.4 is 10.7 Å². The summed E-state index contributed by atoms with van der Waals surface area (Å²) in [6.07, 6.45) is -0.105. The Morgan fingerprint density at radius 2 is 1.93 bits per heavy atom. The molecule has 0 saturated carbocycles. The lowest BCUT2D eigenvalue weighted by Crippen LogP contribution is -2.45. The van der Waals surface area contributed by atoms with E-state index in [2.05, 4.69) is 30.9 Å². The molecule has 1 saturated heterocycles. The van der Waals surface area contributed by atoms with E-state index < -0.39 is 36.7 Å². The number of likely N-dealkylation sites (tertiary alicyclic amines) is 1. The van der Waals surface area contributed by atoms with Crippen molar-refractivity contribution in [2.75, 3.05) is 26.2 Å². The van der Waals surface area contributed by atoms with Gasteiger partial charge in [0.05, 0.1) is 46.1 Å². The van der Waals surface area contributed by atoms with Gasteiger partial charge in [-0.2, -0.15) is 16.6 Å². The summed E-state index contributed by atoms with van der Waals surface area (Å²) in [7, 11) is 0. The summed E-state index contributed by atoms with van der Waals surface area (Å²) >= 11 is 13.1. The maximum absolute atomic E-state index is 13.2. The van der Waals surface area contributed by atoms with Gasteiger partial charge in [-0.3, -0.25) is 14.7 Å². The smallest absolute Gasteiger partial charge is 0.328 e. The van der Waals surface area contributed by atoms with Gasteiger partial charge in [0, 0.05) is 37.1 Å². The number of nitrogens with zero attached hydrogens (tertiary/aromatic N) is 5. The van der Waals surface area contributed by atoms with Gasteiger partial charge in [0.25, 0.3) is 17.8 Å². The Hall–Kier alpha value is -4.42. The fourth-order valence-corrected chi connectivity index (χ4v) is 5.84. The normalized spacial score (nSPS) is 19.1. The van der Waals surface area contributed by atoms with Crippen molar-refractivity contribution in [2.24, 2.45) is 4.99 Å². The third-order valence-electron chi connectivity index (χ3n) is 7.35. The van der Waals surface area contributed by atoms with Gasteiger partial charge in [0.2, 0.25) is 0 Å². The second-order valence-corrected chi connectivity index (χ2v) is 10.9. The summed E-state index contributed by atoms with van der Waals surface area (Å²) in [4.78, 5) is 48.6. The Balaban J connectivity index is 1.31. The van der Waals surface area contributed by atoms with Crippen LogP contribution in [0.2, 0.25) is 10.0 Å². The van der Waals surface area contributed by atoms with Crippen molar-refractivity contribution in [3.05, 3.63) is 74.3 Å². The van der Waals surface area contributed by atoms with E-state index in [1.807, 2.05) is 6.07 Å². The number of carboxylic acids is 1. The predicted octanol–water partition coefficient (Wildman–Crippen LogP) is 1.07. The lowest BCUT2D eigenvalue weighted by molar-refractivity contribution is -0.138. The molecule has 2 amide bonds. The van der Waals surface area contributed by atoms with Gasteiger partial charge in [0.1, 0.15) is 6.04 Å². The van der Waals surface area contributed by atoms with Crippen molar-refractivity contribution >= 4 is 57.8 Å². The standard InChI is InChI=1S/C27H26Cl2N8O6/c1-30-35-27(37-11-20(38)21(39)12-37)31-9-19(26(42)43)33-24(40)22-17(28)6-15-10-36(5-4-16(15)23(22)29)25(41)13-2-3-14-8-32-34-18(14)7-13/h2-3,6-8,19-21,38-39H,4-5,9-12H2,(H,31,35)(H,32,34)(H,33,40)(H,42,43)/t19-,20+,21+/m0/s1. The molecule has 5 rings (SSSR count). The highest BCUT2D eigenvalue weighted by atomic mass is 35.5. The number of β-amino-alcohol motifs (C(OH)–C–C–N with tert-alkyl or cyclic N) is 2. The molecule has 0 unspecified atom stereocenters. The van der Waals surface area contributed by atoms with E-state index in [-0.39, 0.29) is 47.1 Å². The Labute approximate surface area is 254 Å². The Morgan fingerprint density at radius 3 is 2.63 bits per heavy atom. The van der Waals surface area contributed by atoms with Crippen molar-refractivity contribution in [3.8, 4) is 0 Å². The largest absolute Gasteiger partial charge is 0.480 e. The van der Waals surface area contributed by atoms with Crippen molar-refractivity contribution in [2.45, 2.75) is 31.2 Å². The number of hydrogen-bond donors (Lipinski definition) is 6. The molecular weight excluding hydrogens is 603 g/mol. The van der Waals surface area contributed by atoms with Gasteiger partial charge in [0.15, 0.2) is 0 Å². The molecule has 1 aromatic heterocycles. The molecule has 0 bridgehead atoms. The number of halogens is 2. The number of H-pyrrole nitrogens is 1. The number of aliphatic imine (C=N–C) groups is 1. The van der Waals surface area contributed by atoms with Gasteiger partial charge in [-0.25, -0.2) is 9.79 Å². The molecule has 0 radical (unpaired) electrons. The van der Waals surface area contributed by atoms with Gasteiger partial charge in [-0.1, -0.05) is 34.7 Å². The first-order chi connectivity index (χ1) is 20.6. The number of fused-ring (bicyclic) bond motifs is 2. The summed E-state index contributed by atoms with van der Waals surface area (Å²) in [5.41, 5.74) is 4.71. The van der Waals surface area contributed by atoms with E-state index in [9.17, 15) is 29.7 Å². The van der Waals surface area contributed by atoms with Gasteiger partial charge in [-0.05, 0) is 35.7 Å². The van der Waals surface area contributed by atoms with E-state index in [0.717, 1.165) is 10.9 Å². The zero-order valence-corrected chi connectivity index (χ0v) is 23.9. The summed E-state index contributed by atoms with van der Waals surface area (Å²) in [5.74, 6) is -2.47. The van der Waals surface area contributed by atoms with Gasteiger partial charge in [-0.15, -0.1) is 0 Å². The fraction of sp³-hybridized carbons (Fsp3) is 0.333. The van der Waals surface area contributed by atoms with Crippen LogP contribution in [0.25, 0.3) is 15.9 Å². The Bertz CT molecular complexity index is 1660. The van der Waals surface area contributed by atoms with Crippen LogP contribution in [0.3, 0.4) is 0 Å². The predicted molar refractivity (Wildman–Crippen MR) is 156 cm³/mol. The van der Waals surface area contributed by atoms with Crippen LogP contribution in [0.15, 0.2) is 35.5 Å². The number of guanidine groups is 1. The molecule has 3 atom stereocenters. The Kier molecular flexibility index (Phi) is 8.69. The molecule has 224 valence electrons. The number of nitrogens with one attached hydrogen (secondary N) is 3. The molecular formula is C27H26Cl2N8O6. The molecule has 2 aliphatic heterocycles. The first kappa shape index (κ1) is 30.1. The first-order valence-corrected chi connectivity index (χ1v) is 13.9. The van der Waals surface area contributed by atoms with Crippen LogP contribution in [0.5, 0.6) is 0 Å². The maximum Gasteiger partial charge on any atom is 0.328 e. The van der Waals surface area contributed by atoms with Crippen LogP contribution in [0.1, 0.15) is 31.8 Å². The third kappa shape index (κ3) is 6.20. The number of hydrogen-bond acceptors (Lipinski definition) is 7. The average molecular weight is 629 g/mol. The number of aliphatic hydroxyl groups excluding tert-OH is 2. The summed E-state index contributed by atoms with van der Waals surface area (Å²) in [5, 5.41) is 39.5. The molecule has 14 nitrogen and oxygen atoms in total. The highest BCUT2D eigenvalue weighted by molar-refractivity contribution is 6.40. The number of aromatic amines is 1. The van der Waals surface area contributed by atoms with Gasteiger partial charge < -0.3 is 30.4 Å². The number of rotatable bonds is 6. The average Bonchev–Trinajstić information content (AvgIpc) is 3.58. The molecule has 0 aliphatic carbocycles.